The topological polar surface area (TPSA) is 25.4 Å². The third-order valence-electron chi connectivity index (χ3n) is 3.08. The smallest absolute Gasteiger partial charge is 0.135 e. The van der Waals surface area contributed by atoms with Gasteiger partial charge in [-0.3, -0.25) is 4.90 Å². The molecule has 0 bridgehead atoms. The number of hydrogen-bond donors (Lipinski definition) is 0. The fourth-order valence-electron chi connectivity index (χ4n) is 2.15. The van der Waals surface area contributed by atoms with Crippen LogP contribution in [0.25, 0.3) is 0 Å². The van der Waals surface area contributed by atoms with Crippen LogP contribution < -0.4 is 0 Å². The summed E-state index contributed by atoms with van der Waals surface area (Å²) < 4.78 is 5.40. The second-order valence-corrected chi connectivity index (χ2v) is 5.06. The number of piperidine rings is 1. The van der Waals surface area contributed by atoms with Crippen LogP contribution in [0.2, 0.25) is 10.3 Å². The number of methoxy groups -OCH3 is 1. The van der Waals surface area contributed by atoms with Crippen LogP contribution in [0.5, 0.6) is 0 Å². The van der Waals surface area contributed by atoms with E-state index >= 15 is 0 Å². The molecule has 0 aliphatic carbocycles. The average Bonchev–Trinajstić information content (AvgIpc) is 2.33. The van der Waals surface area contributed by atoms with Crippen molar-refractivity contribution in [2.75, 3.05) is 20.2 Å². The zero-order chi connectivity index (χ0) is 12.3. The first-order chi connectivity index (χ1) is 8.19. The number of likely N-dealkylation sites (tertiary alicyclic amines) is 1. The standard InChI is InChI=1S/C12H16Cl2N2O/c1-17-10-3-2-6-16(8-10)7-9-4-5-11(13)15-12(9)14/h4-5,10H,2-3,6-8H2,1H3. The molecule has 0 radical (unpaired) electrons. The van der Waals surface area contributed by atoms with Crippen LogP contribution in [0, 0.1) is 0 Å². The molecule has 0 spiro atoms. The molecule has 1 fully saturated rings. The molecular formula is C12H16Cl2N2O. The van der Waals surface area contributed by atoms with E-state index in [0.717, 1.165) is 38.0 Å². The normalized spacial score (nSPS) is 21.7. The minimum Gasteiger partial charge on any atom is -0.380 e. The third-order valence-corrected chi connectivity index (χ3v) is 3.62. The molecule has 5 heteroatoms. The van der Waals surface area contributed by atoms with E-state index in [4.69, 9.17) is 27.9 Å². The van der Waals surface area contributed by atoms with Crippen molar-refractivity contribution in [2.24, 2.45) is 0 Å². The summed E-state index contributed by atoms with van der Waals surface area (Å²) in [4.78, 5) is 6.39. The lowest BCUT2D eigenvalue weighted by Gasteiger charge is -2.31. The van der Waals surface area contributed by atoms with Gasteiger partial charge in [-0.1, -0.05) is 29.3 Å². The highest BCUT2D eigenvalue weighted by atomic mass is 35.5. The van der Waals surface area contributed by atoms with Crippen LogP contribution in [0.15, 0.2) is 12.1 Å². The molecular weight excluding hydrogens is 259 g/mol. The zero-order valence-corrected chi connectivity index (χ0v) is 11.3. The van der Waals surface area contributed by atoms with Crippen molar-refractivity contribution in [2.45, 2.75) is 25.5 Å². The Morgan fingerprint density at radius 2 is 2.29 bits per heavy atom. The van der Waals surface area contributed by atoms with E-state index in [9.17, 15) is 0 Å². The van der Waals surface area contributed by atoms with E-state index in [1.54, 1.807) is 13.2 Å². The van der Waals surface area contributed by atoms with E-state index in [1.807, 2.05) is 6.07 Å². The van der Waals surface area contributed by atoms with Crippen LogP contribution >= 0.6 is 23.2 Å². The summed E-state index contributed by atoms with van der Waals surface area (Å²) >= 11 is 11.8. The summed E-state index contributed by atoms with van der Waals surface area (Å²) in [6.07, 6.45) is 2.64. The number of aromatic nitrogens is 1. The Bertz CT molecular complexity index is 387. The lowest BCUT2D eigenvalue weighted by Crippen LogP contribution is -2.38. The maximum atomic E-state index is 6.07. The fraction of sp³-hybridized carbons (Fsp3) is 0.583. The fourth-order valence-corrected chi connectivity index (χ4v) is 2.55. The zero-order valence-electron chi connectivity index (χ0n) is 9.83. The summed E-state index contributed by atoms with van der Waals surface area (Å²) in [5, 5.41) is 0.934. The van der Waals surface area contributed by atoms with Gasteiger partial charge in [0.25, 0.3) is 0 Å². The molecule has 94 valence electrons. The Balaban J connectivity index is 2.00. The first kappa shape index (κ1) is 13.1. The summed E-state index contributed by atoms with van der Waals surface area (Å²) in [7, 11) is 1.77. The van der Waals surface area contributed by atoms with Gasteiger partial charge in [0.05, 0.1) is 6.10 Å². The van der Waals surface area contributed by atoms with Crippen LogP contribution in [0.1, 0.15) is 18.4 Å². The minimum absolute atomic E-state index is 0.336. The van der Waals surface area contributed by atoms with Gasteiger partial charge < -0.3 is 4.74 Å². The number of pyridine rings is 1. The van der Waals surface area contributed by atoms with Crippen LogP contribution in [-0.4, -0.2) is 36.2 Å². The van der Waals surface area contributed by atoms with Crippen molar-refractivity contribution in [3.8, 4) is 0 Å². The van der Waals surface area contributed by atoms with Gasteiger partial charge in [-0.15, -0.1) is 0 Å². The van der Waals surface area contributed by atoms with Gasteiger partial charge in [-0.2, -0.15) is 0 Å². The van der Waals surface area contributed by atoms with E-state index in [1.165, 1.54) is 0 Å². The third kappa shape index (κ3) is 3.55. The first-order valence-corrected chi connectivity index (χ1v) is 6.50. The summed E-state index contributed by atoms with van der Waals surface area (Å²) in [6.45, 7) is 2.84. The first-order valence-electron chi connectivity index (χ1n) is 5.75. The van der Waals surface area contributed by atoms with Crippen molar-refractivity contribution < 1.29 is 4.74 Å². The molecule has 1 aromatic rings. The van der Waals surface area contributed by atoms with E-state index in [2.05, 4.69) is 9.88 Å². The highest BCUT2D eigenvalue weighted by Gasteiger charge is 2.20. The molecule has 1 unspecified atom stereocenters. The SMILES string of the molecule is COC1CCCN(Cc2ccc(Cl)nc2Cl)C1. The number of rotatable bonds is 3. The van der Waals surface area contributed by atoms with Gasteiger partial charge in [0.1, 0.15) is 10.3 Å². The summed E-state index contributed by atoms with van der Waals surface area (Å²) in [5.41, 5.74) is 1.02. The molecule has 0 amide bonds. The Labute approximate surface area is 112 Å². The quantitative estimate of drug-likeness (QED) is 0.793. The second-order valence-electron chi connectivity index (χ2n) is 4.32. The molecule has 3 nitrogen and oxygen atoms in total. The minimum atomic E-state index is 0.336. The van der Waals surface area contributed by atoms with Crippen molar-refractivity contribution in [1.29, 1.82) is 0 Å². The molecule has 1 atom stereocenters. The number of halogens is 2. The Kier molecular flexibility index (Phi) is 4.62. The summed E-state index contributed by atoms with van der Waals surface area (Å²) in [6, 6.07) is 3.72. The second kappa shape index (κ2) is 6.01. The number of ether oxygens (including phenoxy) is 1. The van der Waals surface area contributed by atoms with E-state index < -0.39 is 0 Å². The van der Waals surface area contributed by atoms with Gasteiger partial charge in [-0.05, 0) is 25.5 Å². The van der Waals surface area contributed by atoms with Gasteiger partial charge >= 0.3 is 0 Å². The van der Waals surface area contributed by atoms with Crippen LogP contribution in [0.4, 0.5) is 0 Å². The number of hydrogen-bond acceptors (Lipinski definition) is 3. The Morgan fingerprint density at radius 1 is 1.47 bits per heavy atom. The molecule has 0 N–H and O–H groups in total. The largest absolute Gasteiger partial charge is 0.380 e. The Hall–Kier alpha value is -0.350. The average molecular weight is 275 g/mol. The predicted molar refractivity (Wildman–Crippen MR) is 69.6 cm³/mol. The van der Waals surface area contributed by atoms with Crippen molar-refractivity contribution in [3.63, 3.8) is 0 Å². The molecule has 2 heterocycles. The van der Waals surface area contributed by atoms with Gasteiger partial charge in [-0.25, -0.2) is 4.98 Å². The highest BCUT2D eigenvalue weighted by molar-refractivity contribution is 6.32. The monoisotopic (exact) mass is 274 g/mol. The highest BCUT2D eigenvalue weighted by Crippen LogP contribution is 2.21. The molecule has 1 aliphatic rings. The Morgan fingerprint density at radius 3 is 3.00 bits per heavy atom. The van der Waals surface area contributed by atoms with E-state index in [0.29, 0.717) is 16.4 Å². The molecule has 1 saturated heterocycles. The number of nitrogens with zero attached hydrogens (tertiary/aromatic N) is 2. The van der Waals surface area contributed by atoms with Crippen molar-refractivity contribution in [1.82, 2.24) is 9.88 Å². The van der Waals surface area contributed by atoms with Crippen molar-refractivity contribution >= 4 is 23.2 Å². The molecule has 1 aliphatic heterocycles. The van der Waals surface area contributed by atoms with Crippen LogP contribution in [-0.2, 0) is 11.3 Å². The summed E-state index contributed by atoms with van der Waals surface area (Å²) in [5.74, 6) is 0. The lowest BCUT2D eigenvalue weighted by molar-refractivity contribution is 0.0285. The molecule has 0 saturated carbocycles. The van der Waals surface area contributed by atoms with Gasteiger partial charge in [0, 0.05) is 25.8 Å². The van der Waals surface area contributed by atoms with E-state index in [-0.39, 0.29) is 0 Å². The van der Waals surface area contributed by atoms with Gasteiger partial charge in [0.2, 0.25) is 0 Å². The molecule has 17 heavy (non-hydrogen) atoms. The molecule has 2 rings (SSSR count). The van der Waals surface area contributed by atoms with Crippen LogP contribution in [0.3, 0.4) is 0 Å². The predicted octanol–water partition coefficient (Wildman–Crippen LogP) is 3.00. The molecule has 0 aromatic carbocycles. The maximum Gasteiger partial charge on any atom is 0.135 e. The maximum absolute atomic E-state index is 6.07. The van der Waals surface area contributed by atoms with Gasteiger partial charge in [0.15, 0.2) is 0 Å². The van der Waals surface area contributed by atoms with Crippen molar-refractivity contribution in [3.05, 3.63) is 28.0 Å². The molecule has 1 aromatic heterocycles. The lowest BCUT2D eigenvalue weighted by atomic mass is 10.1.